The zero-order valence-electron chi connectivity index (χ0n) is 14.3. The predicted molar refractivity (Wildman–Crippen MR) is 91.9 cm³/mol. The van der Waals surface area contributed by atoms with E-state index in [4.69, 9.17) is 0 Å². The second-order valence-corrected chi connectivity index (χ2v) is 6.40. The third-order valence-electron chi connectivity index (χ3n) is 4.62. The molecule has 1 aliphatic carbocycles. The fraction of sp³-hybridized carbons (Fsp3) is 0.632. The lowest BCUT2D eigenvalue weighted by molar-refractivity contribution is -0.119. The summed E-state index contributed by atoms with van der Waals surface area (Å²) in [4.78, 5) is 13.9. The van der Waals surface area contributed by atoms with Gasteiger partial charge in [-0.25, -0.2) is 0 Å². The van der Waals surface area contributed by atoms with Crippen molar-refractivity contribution in [1.29, 1.82) is 0 Å². The number of hydrogen-bond acceptors (Lipinski definition) is 2. The van der Waals surface area contributed by atoms with Gasteiger partial charge in [0.1, 0.15) is 0 Å². The molecule has 0 saturated heterocycles. The van der Waals surface area contributed by atoms with Crippen LogP contribution in [0, 0.1) is 0 Å². The average molecular weight is 302 g/mol. The van der Waals surface area contributed by atoms with Gasteiger partial charge in [0.15, 0.2) is 0 Å². The maximum atomic E-state index is 11.2. The summed E-state index contributed by atoms with van der Waals surface area (Å²) in [5.74, 6) is 0.0450. The monoisotopic (exact) mass is 302 g/mol. The van der Waals surface area contributed by atoms with Crippen molar-refractivity contribution in [3.05, 3.63) is 34.9 Å². The smallest absolute Gasteiger partial charge is 0.217 e. The van der Waals surface area contributed by atoms with Gasteiger partial charge in [-0.2, -0.15) is 0 Å². The first-order valence-corrected chi connectivity index (χ1v) is 8.73. The topological polar surface area (TPSA) is 32.3 Å². The molecule has 0 bridgehead atoms. The van der Waals surface area contributed by atoms with Crippen molar-refractivity contribution >= 4 is 5.91 Å². The van der Waals surface area contributed by atoms with E-state index in [9.17, 15) is 4.79 Å². The first kappa shape index (κ1) is 17.0. The molecule has 0 aromatic heterocycles. The van der Waals surface area contributed by atoms with Gasteiger partial charge >= 0.3 is 0 Å². The van der Waals surface area contributed by atoms with Crippen LogP contribution in [0.1, 0.15) is 56.7 Å². The summed E-state index contributed by atoms with van der Waals surface area (Å²) in [6.07, 6.45) is 5.99. The Morgan fingerprint density at radius 1 is 1.27 bits per heavy atom. The molecular weight excluding hydrogens is 272 g/mol. The van der Waals surface area contributed by atoms with E-state index >= 15 is 0 Å². The van der Waals surface area contributed by atoms with Crippen LogP contribution in [-0.2, 0) is 24.2 Å². The third kappa shape index (κ3) is 4.33. The molecule has 0 radical (unpaired) electrons. The Bertz CT molecular complexity index is 492. The number of benzene rings is 1. The molecule has 1 aliphatic rings. The van der Waals surface area contributed by atoms with Crippen molar-refractivity contribution < 1.29 is 4.79 Å². The van der Waals surface area contributed by atoms with Gasteiger partial charge in [-0.15, -0.1) is 0 Å². The third-order valence-corrected chi connectivity index (χ3v) is 4.62. The first-order valence-electron chi connectivity index (χ1n) is 8.73. The number of hydrogen-bond donors (Lipinski definition) is 1. The SMILES string of the molecule is CCCN(CCC)C1CCc2cccc(CNC(C)=O)c2C1. The molecule has 122 valence electrons. The number of carbonyl (C=O) groups excluding carboxylic acids is 1. The quantitative estimate of drug-likeness (QED) is 0.838. The van der Waals surface area contributed by atoms with Crippen LogP contribution in [0.5, 0.6) is 0 Å². The number of carbonyl (C=O) groups is 1. The van der Waals surface area contributed by atoms with Crippen LogP contribution in [0.2, 0.25) is 0 Å². The van der Waals surface area contributed by atoms with Crippen molar-refractivity contribution in [2.45, 2.75) is 65.5 Å². The highest BCUT2D eigenvalue weighted by molar-refractivity contribution is 5.72. The van der Waals surface area contributed by atoms with Crippen LogP contribution >= 0.6 is 0 Å². The zero-order valence-corrected chi connectivity index (χ0v) is 14.3. The fourth-order valence-electron chi connectivity index (χ4n) is 3.59. The molecule has 0 saturated carbocycles. The summed E-state index contributed by atoms with van der Waals surface area (Å²) in [5, 5.41) is 2.95. The number of nitrogens with one attached hydrogen (secondary N) is 1. The number of amides is 1. The Labute approximate surface area is 135 Å². The highest BCUT2D eigenvalue weighted by Crippen LogP contribution is 2.27. The Morgan fingerprint density at radius 2 is 2.00 bits per heavy atom. The van der Waals surface area contributed by atoms with E-state index in [1.165, 1.54) is 49.0 Å². The first-order chi connectivity index (χ1) is 10.7. The normalized spacial score (nSPS) is 17.4. The van der Waals surface area contributed by atoms with Crippen LogP contribution in [0.4, 0.5) is 0 Å². The minimum Gasteiger partial charge on any atom is -0.352 e. The molecule has 1 aromatic carbocycles. The molecule has 1 atom stereocenters. The lowest BCUT2D eigenvalue weighted by atomic mass is 9.84. The molecular formula is C19H30N2O. The molecule has 0 spiro atoms. The van der Waals surface area contributed by atoms with Crippen LogP contribution < -0.4 is 5.32 Å². The molecule has 0 heterocycles. The molecule has 1 amide bonds. The van der Waals surface area contributed by atoms with Gasteiger partial charge < -0.3 is 10.2 Å². The van der Waals surface area contributed by atoms with Gasteiger partial charge in [-0.05, 0) is 61.9 Å². The highest BCUT2D eigenvalue weighted by Gasteiger charge is 2.24. The summed E-state index contributed by atoms with van der Waals surface area (Å²) in [6.45, 7) is 9.17. The summed E-state index contributed by atoms with van der Waals surface area (Å²) >= 11 is 0. The van der Waals surface area contributed by atoms with Gasteiger partial charge in [-0.1, -0.05) is 32.0 Å². The molecule has 22 heavy (non-hydrogen) atoms. The minimum absolute atomic E-state index is 0.0450. The van der Waals surface area contributed by atoms with Gasteiger partial charge in [0, 0.05) is 19.5 Å². The Morgan fingerprint density at radius 3 is 2.64 bits per heavy atom. The van der Waals surface area contributed by atoms with E-state index in [1.807, 2.05) is 0 Å². The summed E-state index contributed by atoms with van der Waals surface area (Å²) in [7, 11) is 0. The largest absolute Gasteiger partial charge is 0.352 e. The van der Waals surface area contributed by atoms with Crippen LogP contribution in [0.15, 0.2) is 18.2 Å². The maximum absolute atomic E-state index is 11.2. The summed E-state index contributed by atoms with van der Waals surface area (Å²) in [6, 6.07) is 7.21. The standard InChI is InChI=1S/C19H30N2O/c1-4-11-21(12-5-2)18-10-9-16-7-6-8-17(19(16)13-18)14-20-15(3)22/h6-8,18H,4-5,9-14H2,1-3H3,(H,20,22). The molecule has 1 N–H and O–H groups in total. The van der Waals surface area contributed by atoms with E-state index in [1.54, 1.807) is 6.92 Å². The molecule has 1 unspecified atom stereocenters. The lowest BCUT2D eigenvalue weighted by Gasteiger charge is -2.36. The molecule has 1 aromatic rings. The maximum Gasteiger partial charge on any atom is 0.217 e. The molecule has 3 heteroatoms. The Balaban J connectivity index is 2.14. The number of nitrogens with zero attached hydrogens (tertiary/aromatic N) is 1. The van der Waals surface area contributed by atoms with Crippen LogP contribution in [0.25, 0.3) is 0 Å². The van der Waals surface area contributed by atoms with Crippen molar-refractivity contribution in [1.82, 2.24) is 10.2 Å². The average Bonchev–Trinajstić information content (AvgIpc) is 2.52. The number of aryl methyl sites for hydroxylation is 1. The second kappa shape index (κ2) is 8.33. The van der Waals surface area contributed by atoms with E-state index in [-0.39, 0.29) is 5.91 Å². The van der Waals surface area contributed by atoms with Crippen molar-refractivity contribution in [2.24, 2.45) is 0 Å². The summed E-state index contributed by atoms with van der Waals surface area (Å²) < 4.78 is 0. The predicted octanol–water partition coefficient (Wildman–Crippen LogP) is 3.30. The number of fused-ring (bicyclic) bond motifs is 1. The van der Waals surface area contributed by atoms with E-state index in [0.717, 1.165) is 12.8 Å². The fourth-order valence-corrected chi connectivity index (χ4v) is 3.59. The van der Waals surface area contributed by atoms with Gasteiger partial charge in [0.2, 0.25) is 5.91 Å². The van der Waals surface area contributed by atoms with E-state index < -0.39 is 0 Å². The highest BCUT2D eigenvalue weighted by atomic mass is 16.1. The van der Waals surface area contributed by atoms with Crippen molar-refractivity contribution in [2.75, 3.05) is 13.1 Å². The van der Waals surface area contributed by atoms with Gasteiger partial charge in [0.25, 0.3) is 0 Å². The van der Waals surface area contributed by atoms with Gasteiger partial charge in [-0.3, -0.25) is 4.79 Å². The van der Waals surface area contributed by atoms with Crippen LogP contribution in [-0.4, -0.2) is 29.9 Å². The molecule has 2 rings (SSSR count). The molecule has 0 fully saturated rings. The van der Waals surface area contributed by atoms with Crippen LogP contribution in [0.3, 0.4) is 0 Å². The van der Waals surface area contributed by atoms with E-state index in [2.05, 4.69) is 42.3 Å². The number of rotatable bonds is 7. The lowest BCUT2D eigenvalue weighted by Crippen LogP contribution is -2.40. The molecule has 3 nitrogen and oxygen atoms in total. The van der Waals surface area contributed by atoms with Gasteiger partial charge in [0.05, 0.1) is 0 Å². The summed E-state index contributed by atoms with van der Waals surface area (Å²) in [5.41, 5.74) is 4.25. The van der Waals surface area contributed by atoms with Crippen molar-refractivity contribution in [3.8, 4) is 0 Å². The van der Waals surface area contributed by atoms with E-state index in [0.29, 0.717) is 12.6 Å². The Hall–Kier alpha value is -1.35. The second-order valence-electron chi connectivity index (χ2n) is 6.40. The Kier molecular flexibility index (Phi) is 6.44. The van der Waals surface area contributed by atoms with Crippen molar-refractivity contribution in [3.63, 3.8) is 0 Å². The minimum atomic E-state index is 0.0450. The zero-order chi connectivity index (χ0) is 15.9. The molecule has 0 aliphatic heterocycles.